The van der Waals surface area contributed by atoms with Crippen LogP contribution in [0.1, 0.15) is 17.7 Å². The van der Waals surface area contributed by atoms with Gasteiger partial charge in [-0.05, 0) is 18.7 Å². The number of nitrogens with zero attached hydrogens (tertiary/aromatic N) is 3. The molecule has 0 aromatic carbocycles. The molecule has 0 saturated carbocycles. The van der Waals surface area contributed by atoms with Crippen molar-refractivity contribution in [3.8, 4) is 0 Å². The Bertz CT molecular complexity index is 434. The Balaban J connectivity index is 2.07. The molecule has 1 aliphatic heterocycles. The van der Waals surface area contributed by atoms with Crippen molar-refractivity contribution in [2.45, 2.75) is 19.5 Å². The lowest BCUT2D eigenvalue weighted by Crippen LogP contribution is -2.22. The van der Waals surface area contributed by atoms with Gasteiger partial charge in [0.1, 0.15) is 5.82 Å². The van der Waals surface area contributed by atoms with Gasteiger partial charge >= 0.3 is 5.97 Å². The molecule has 0 radical (unpaired) electrons. The summed E-state index contributed by atoms with van der Waals surface area (Å²) in [5, 5.41) is 8.65. The van der Waals surface area contributed by atoms with E-state index in [2.05, 4.69) is 23.0 Å². The quantitative estimate of drug-likeness (QED) is 0.841. The minimum absolute atomic E-state index is 0.134. The summed E-state index contributed by atoms with van der Waals surface area (Å²) in [6.45, 7) is 2.30. The van der Waals surface area contributed by atoms with Gasteiger partial charge in [-0.25, -0.2) is 4.98 Å². The molecule has 17 heavy (non-hydrogen) atoms. The minimum atomic E-state index is -0.780. The van der Waals surface area contributed by atoms with Crippen molar-refractivity contribution in [2.75, 3.05) is 25.5 Å². The smallest absolute Gasteiger partial charge is 0.305 e. The van der Waals surface area contributed by atoms with Crippen molar-refractivity contribution < 1.29 is 9.90 Å². The van der Waals surface area contributed by atoms with E-state index in [-0.39, 0.29) is 6.42 Å². The zero-order valence-electron chi connectivity index (χ0n) is 10.2. The first kappa shape index (κ1) is 11.9. The Morgan fingerprint density at radius 3 is 3.00 bits per heavy atom. The van der Waals surface area contributed by atoms with E-state index in [1.807, 2.05) is 18.0 Å². The lowest BCUT2D eigenvalue weighted by atomic mass is 10.2. The zero-order chi connectivity index (χ0) is 12.4. The summed E-state index contributed by atoms with van der Waals surface area (Å²) in [7, 11) is 3.94. The second-order valence-electron chi connectivity index (χ2n) is 4.51. The van der Waals surface area contributed by atoms with E-state index in [1.54, 1.807) is 0 Å². The fourth-order valence-corrected chi connectivity index (χ4v) is 1.99. The molecule has 0 bridgehead atoms. The molecule has 0 unspecified atom stereocenters. The van der Waals surface area contributed by atoms with Crippen LogP contribution in [-0.2, 0) is 17.9 Å². The molecule has 1 aromatic rings. The molecule has 1 N–H and O–H groups in total. The zero-order valence-corrected chi connectivity index (χ0v) is 10.2. The maximum absolute atomic E-state index is 10.5. The molecule has 2 rings (SSSR count). The van der Waals surface area contributed by atoms with Gasteiger partial charge in [0.2, 0.25) is 0 Å². The number of aromatic nitrogens is 1. The third kappa shape index (κ3) is 2.74. The lowest BCUT2D eigenvalue weighted by Gasteiger charge is -2.17. The SMILES string of the molecule is CN1Cc2ccc(N(C)CCC(=O)O)nc2C1. The highest BCUT2D eigenvalue weighted by molar-refractivity contribution is 5.67. The molecule has 0 amide bonds. The number of anilines is 1. The monoisotopic (exact) mass is 235 g/mol. The number of carboxylic acid groups (broad SMARTS) is 1. The highest BCUT2D eigenvalue weighted by Crippen LogP contribution is 2.22. The Kier molecular flexibility index (Phi) is 3.28. The number of pyridine rings is 1. The second-order valence-corrected chi connectivity index (χ2v) is 4.51. The van der Waals surface area contributed by atoms with Crippen molar-refractivity contribution in [2.24, 2.45) is 0 Å². The molecular weight excluding hydrogens is 218 g/mol. The maximum atomic E-state index is 10.5. The van der Waals surface area contributed by atoms with Crippen molar-refractivity contribution in [3.63, 3.8) is 0 Å². The van der Waals surface area contributed by atoms with Crippen LogP contribution in [0.15, 0.2) is 12.1 Å². The summed E-state index contributed by atoms with van der Waals surface area (Å²) in [5.74, 6) is 0.0676. The van der Waals surface area contributed by atoms with Crippen LogP contribution in [-0.4, -0.2) is 41.6 Å². The van der Waals surface area contributed by atoms with Gasteiger partial charge in [-0.1, -0.05) is 6.07 Å². The predicted octanol–water partition coefficient (Wildman–Crippen LogP) is 0.938. The van der Waals surface area contributed by atoms with Gasteiger partial charge < -0.3 is 10.0 Å². The number of carboxylic acids is 1. The molecule has 0 spiro atoms. The van der Waals surface area contributed by atoms with Crippen LogP contribution in [0.4, 0.5) is 5.82 Å². The van der Waals surface area contributed by atoms with E-state index in [9.17, 15) is 4.79 Å². The summed E-state index contributed by atoms with van der Waals surface area (Å²) in [4.78, 5) is 19.2. The first-order valence-corrected chi connectivity index (χ1v) is 5.66. The average molecular weight is 235 g/mol. The molecule has 0 aliphatic carbocycles. The van der Waals surface area contributed by atoms with Crippen LogP contribution in [0, 0.1) is 0 Å². The normalized spacial score (nSPS) is 14.7. The van der Waals surface area contributed by atoms with Crippen molar-refractivity contribution in [1.29, 1.82) is 0 Å². The molecule has 0 atom stereocenters. The first-order valence-electron chi connectivity index (χ1n) is 5.66. The summed E-state index contributed by atoms with van der Waals surface area (Å²) in [6, 6.07) is 4.04. The molecule has 0 saturated heterocycles. The van der Waals surface area contributed by atoms with E-state index >= 15 is 0 Å². The molecule has 2 heterocycles. The van der Waals surface area contributed by atoms with Gasteiger partial charge in [-0.3, -0.25) is 9.69 Å². The summed E-state index contributed by atoms with van der Waals surface area (Å²) >= 11 is 0. The number of hydrogen-bond acceptors (Lipinski definition) is 4. The van der Waals surface area contributed by atoms with Crippen LogP contribution >= 0.6 is 0 Å². The largest absolute Gasteiger partial charge is 0.481 e. The van der Waals surface area contributed by atoms with Crippen LogP contribution in [0.5, 0.6) is 0 Å². The predicted molar refractivity (Wildman–Crippen MR) is 64.9 cm³/mol. The summed E-state index contributed by atoms with van der Waals surface area (Å²) in [5.41, 5.74) is 2.37. The fourth-order valence-electron chi connectivity index (χ4n) is 1.99. The van der Waals surface area contributed by atoms with Crippen molar-refractivity contribution in [1.82, 2.24) is 9.88 Å². The molecular formula is C12H17N3O2. The summed E-state index contributed by atoms with van der Waals surface area (Å²) < 4.78 is 0. The topological polar surface area (TPSA) is 56.7 Å². The van der Waals surface area contributed by atoms with E-state index < -0.39 is 5.97 Å². The number of carbonyl (C=O) groups is 1. The lowest BCUT2D eigenvalue weighted by molar-refractivity contribution is -0.136. The molecule has 5 heteroatoms. The van der Waals surface area contributed by atoms with Crippen molar-refractivity contribution in [3.05, 3.63) is 23.4 Å². The number of fused-ring (bicyclic) bond motifs is 1. The fraction of sp³-hybridized carbons (Fsp3) is 0.500. The van der Waals surface area contributed by atoms with Crippen LogP contribution in [0.25, 0.3) is 0 Å². The minimum Gasteiger partial charge on any atom is -0.481 e. The average Bonchev–Trinajstić information content (AvgIpc) is 2.64. The second kappa shape index (κ2) is 4.71. The molecule has 1 aromatic heterocycles. The highest BCUT2D eigenvalue weighted by Gasteiger charge is 2.17. The third-order valence-corrected chi connectivity index (χ3v) is 2.97. The Hall–Kier alpha value is -1.62. The number of aliphatic carboxylic acids is 1. The van der Waals surface area contributed by atoms with Gasteiger partial charge in [0.05, 0.1) is 12.1 Å². The van der Waals surface area contributed by atoms with E-state index in [0.29, 0.717) is 6.54 Å². The Morgan fingerprint density at radius 2 is 2.29 bits per heavy atom. The highest BCUT2D eigenvalue weighted by atomic mass is 16.4. The van der Waals surface area contributed by atoms with Gasteiger partial charge in [0, 0.05) is 26.7 Å². The van der Waals surface area contributed by atoms with E-state index in [1.165, 1.54) is 5.56 Å². The number of hydrogen-bond donors (Lipinski definition) is 1. The molecule has 5 nitrogen and oxygen atoms in total. The van der Waals surface area contributed by atoms with Crippen LogP contribution < -0.4 is 4.90 Å². The van der Waals surface area contributed by atoms with Gasteiger partial charge in [-0.2, -0.15) is 0 Å². The van der Waals surface area contributed by atoms with Gasteiger partial charge in [0.25, 0.3) is 0 Å². The van der Waals surface area contributed by atoms with Gasteiger partial charge in [-0.15, -0.1) is 0 Å². The van der Waals surface area contributed by atoms with Crippen LogP contribution in [0.3, 0.4) is 0 Å². The van der Waals surface area contributed by atoms with Crippen molar-refractivity contribution >= 4 is 11.8 Å². The van der Waals surface area contributed by atoms with E-state index in [4.69, 9.17) is 5.11 Å². The molecule has 0 fully saturated rings. The Morgan fingerprint density at radius 1 is 1.53 bits per heavy atom. The number of rotatable bonds is 4. The summed E-state index contributed by atoms with van der Waals surface area (Å²) in [6.07, 6.45) is 0.134. The van der Waals surface area contributed by atoms with Gasteiger partial charge in [0.15, 0.2) is 0 Å². The Labute approximate surface area is 101 Å². The third-order valence-electron chi connectivity index (χ3n) is 2.97. The standard InChI is InChI=1S/C12H17N3O2/c1-14-7-9-3-4-11(13-10(9)8-14)15(2)6-5-12(16)17/h3-4H,5-8H2,1-2H3,(H,16,17). The molecule has 92 valence electrons. The van der Waals surface area contributed by atoms with Crippen LogP contribution in [0.2, 0.25) is 0 Å². The maximum Gasteiger partial charge on any atom is 0.305 e. The molecule has 1 aliphatic rings. The van der Waals surface area contributed by atoms with E-state index in [0.717, 1.165) is 24.6 Å². The first-order chi connectivity index (χ1) is 8.06.